The summed E-state index contributed by atoms with van der Waals surface area (Å²) in [7, 11) is 1.71. The number of hydrogen-bond donors (Lipinski definition) is 2. The summed E-state index contributed by atoms with van der Waals surface area (Å²) < 4.78 is 7.56. The summed E-state index contributed by atoms with van der Waals surface area (Å²) in [5, 5.41) is 11.8. The number of rotatable bonds is 5. The van der Waals surface area contributed by atoms with Crippen molar-refractivity contribution in [1.29, 1.82) is 0 Å². The Hall–Kier alpha value is -2.74. The fourth-order valence-electron chi connectivity index (χ4n) is 4.90. The van der Waals surface area contributed by atoms with E-state index in [9.17, 15) is 0 Å². The zero-order chi connectivity index (χ0) is 18.7. The Morgan fingerprint density at radius 3 is 2.89 bits per heavy atom. The van der Waals surface area contributed by atoms with Crippen LogP contribution in [0.2, 0.25) is 0 Å². The molecule has 1 unspecified atom stereocenters. The number of fused-ring (bicyclic) bond motifs is 1. The van der Waals surface area contributed by atoms with Gasteiger partial charge in [0.2, 0.25) is 5.95 Å². The van der Waals surface area contributed by atoms with E-state index in [1.807, 2.05) is 22.8 Å². The summed E-state index contributed by atoms with van der Waals surface area (Å²) in [6.45, 7) is 1.97. The number of nitrogens with one attached hydrogen (secondary N) is 2. The number of methoxy groups -OCH3 is 1. The highest BCUT2D eigenvalue weighted by Crippen LogP contribution is 2.66. The lowest BCUT2D eigenvalue weighted by molar-refractivity contribution is -0.0333. The fourth-order valence-corrected chi connectivity index (χ4v) is 4.90. The predicted molar refractivity (Wildman–Crippen MR) is 104 cm³/mol. The first-order valence-corrected chi connectivity index (χ1v) is 9.98. The number of aromatic nitrogens is 5. The van der Waals surface area contributed by atoms with Gasteiger partial charge in [-0.15, -0.1) is 0 Å². The lowest BCUT2D eigenvalue weighted by atomic mass is 9.43. The monoisotopic (exact) mass is 377 g/mol. The van der Waals surface area contributed by atoms with Crippen LogP contribution in [0.15, 0.2) is 24.5 Å². The molecule has 4 fully saturated rings. The Kier molecular flexibility index (Phi) is 3.41. The number of ether oxygens (including phenoxy) is 1. The summed E-state index contributed by atoms with van der Waals surface area (Å²) in [6, 6.07) is 4.28. The maximum atomic E-state index is 5.65. The molecule has 3 saturated carbocycles. The van der Waals surface area contributed by atoms with Gasteiger partial charge in [0.15, 0.2) is 5.65 Å². The summed E-state index contributed by atoms with van der Waals surface area (Å²) >= 11 is 0. The molecule has 1 saturated heterocycles. The molecular formula is C20H23N7O. The van der Waals surface area contributed by atoms with Crippen molar-refractivity contribution >= 4 is 11.6 Å². The van der Waals surface area contributed by atoms with Gasteiger partial charge < -0.3 is 15.4 Å². The lowest BCUT2D eigenvalue weighted by Crippen LogP contribution is -2.56. The molecule has 3 aromatic rings. The molecule has 144 valence electrons. The smallest absolute Gasteiger partial charge is 0.223 e. The number of hydrogen-bond acceptors (Lipinski definition) is 7. The van der Waals surface area contributed by atoms with E-state index in [-0.39, 0.29) is 5.41 Å². The molecule has 0 amide bonds. The maximum Gasteiger partial charge on any atom is 0.223 e. The highest BCUT2D eigenvalue weighted by Gasteiger charge is 2.59. The largest absolute Gasteiger partial charge is 0.495 e. The standard InChI is InChI=1S/C20H23N7O/c1-28-16-6-17-23-11-15(27(17)26-18(16)20-7-12(8-20)9-20)14-3-5-22-19(25-14)24-13-2-4-21-10-13/h3,5-6,11-13,21H,2,4,7-10H2,1H3,(H,22,24,25). The van der Waals surface area contributed by atoms with Gasteiger partial charge in [0, 0.05) is 30.3 Å². The Balaban J connectivity index is 1.40. The van der Waals surface area contributed by atoms with Crippen LogP contribution in [0.5, 0.6) is 5.75 Å². The van der Waals surface area contributed by atoms with Gasteiger partial charge in [-0.2, -0.15) is 5.10 Å². The van der Waals surface area contributed by atoms with Crippen LogP contribution >= 0.6 is 0 Å². The van der Waals surface area contributed by atoms with E-state index in [2.05, 4.69) is 20.6 Å². The van der Waals surface area contributed by atoms with E-state index in [4.69, 9.17) is 14.8 Å². The number of anilines is 1. The van der Waals surface area contributed by atoms with Crippen LogP contribution in [-0.2, 0) is 5.41 Å². The van der Waals surface area contributed by atoms with Gasteiger partial charge in [-0.3, -0.25) is 0 Å². The Morgan fingerprint density at radius 1 is 1.29 bits per heavy atom. The summed E-state index contributed by atoms with van der Waals surface area (Å²) in [5.74, 6) is 2.38. The van der Waals surface area contributed by atoms with Crippen molar-refractivity contribution in [2.24, 2.45) is 5.92 Å². The van der Waals surface area contributed by atoms with Crippen molar-refractivity contribution in [2.45, 2.75) is 37.1 Å². The molecule has 4 aliphatic rings. The van der Waals surface area contributed by atoms with Crippen molar-refractivity contribution in [3.63, 3.8) is 0 Å². The van der Waals surface area contributed by atoms with Crippen molar-refractivity contribution in [3.8, 4) is 17.1 Å². The van der Waals surface area contributed by atoms with E-state index < -0.39 is 0 Å². The molecule has 2 bridgehead atoms. The molecule has 3 aliphatic carbocycles. The third-order valence-electron chi connectivity index (χ3n) is 6.53. The van der Waals surface area contributed by atoms with Crippen molar-refractivity contribution in [1.82, 2.24) is 29.9 Å². The molecule has 28 heavy (non-hydrogen) atoms. The van der Waals surface area contributed by atoms with Gasteiger partial charge in [0.25, 0.3) is 0 Å². The molecule has 0 radical (unpaired) electrons. The normalized spacial score (nSPS) is 28.0. The van der Waals surface area contributed by atoms with Gasteiger partial charge in [-0.25, -0.2) is 19.5 Å². The second kappa shape index (κ2) is 5.88. The number of nitrogens with zero attached hydrogens (tertiary/aromatic N) is 5. The zero-order valence-electron chi connectivity index (χ0n) is 15.9. The van der Waals surface area contributed by atoms with Crippen LogP contribution in [0.1, 0.15) is 31.4 Å². The molecule has 7 rings (SSSR count). The van der Waals surface area contributed by atoms with E-state index in [0.29, 0.717) is 12.0 Å². The van der Waals surface area contributed by atoms with Crippen molar-refractivity contribution < 1.29 is 4.74 Å². The average molecular weight is 377 g/mol. The summed E-state index contributed by atoms with van der Waals surface area (Å²) in [6.07, 6.45) is 8.38. The second-order valence-electron chi connectivity index (χ2n) is 8.33. The highest BCUT2D eigenvalue weighted by molar-refractivity contribution is 5.62. The third-order valence-corrected chi connectivity index (χ3v) is 6.53. The van der Waals surface area contributed by atoms with Gasteiger partial charge in [0.1, 0.15) is 17.1 Å². The first kappa shape index (κ1) is 16.2. The molecule has 3 aromatic heterocycles. The Labute approximate surface area is 162 Å². The molecule has 1 atom stereocenters. The third kappa shape index (κ3) is 2.33. The average Bonchev–Trinajstić information content (AvgIpc) is 3.28. The predicted octanol–water partition coefficient (Wildman–Crippen LogP) is 2.02. The minimum absolute atomic E-state index is 0.208. The Bertz CT molecular complexity index is 1040. The van der Waals surface area contributed by atoms with E-state index >= 15 is 0 Å². The van der Waals surface area contributed by atoms with E-state index in [0.717, 1.165) is 53.9 Å². The van der Waals surface area contributed by atoms with Gasteiger partial charge in [-0.05, 0) is 44.2 Å². The summed E-state index contributed by atoms with van der Waals surface area (Å²) in [4.78, 5) is 13.7. The van der Waals surface area contributed by atoms with Crippen molar-refractivity contribution in [3.05, 3.63) is 30.2 Å². The summed E-state index contributed by atoms with van der Waals surface area (Å²) in [5.41, 5.74) is 3.74. The van der Waals surface area contributed by atoms with Crippen LogP contribution < -0.4 is 15.4 Å². The zero-order valence-corrected chi connectivity index (χ0v) is 15.9. The SMILES string of the molecule is COc1cc2ncc(-c3ccnc(NC4CCNC4)n3)n2nc1C12CC(C1)C2. The van der Waals surface area contributed by atoms with Crippen LogP contribution in [0.25, 0.3) is 17.0 Å². The maximum absolute atomic E-state index is 5.65. The van der Waals surface area contributed by atoms with E-state index in [1.165, 1.54) is 19.3 Å². The van der Waals surface area contributed by atoms with Gasteiger partial charge in [0.05, 0.1) is 19.0 Å². The molecule has 8 heteroatoms. The van der Waals surface area contributed by atoms with Crippen LogP contribution in [-0.4, -0.2) is 50.8 Å². The first-order chi connectivity index (χ1) is 13.7. The second-order valence-corrected chi connectivity index (χ2v) is 8.33. The van der Waals surface area contributed by atoms with Crippen LogP contribution in [0, 0.1) is 5.92 Å². The molecule has 0 spiro atoms. The molecule has 1 aliphatic heterocycles. The van der Waals surface area contributed by atoms with Crippen LogP contribution in [0.4, 0.5) is 5.95 Å². The first-order valence-electron chi connectivity index (χ1n) is 9.98. The van der Waals surface area contributed by atoms with E-state index in [1.54, 1.807) is 13.3 Å². The highest BCUT2D eigenvalue weighted by atomic mass is 16.5. The molecule has 0 aromatic carbocycles. The molecule has 8 nitrogen and oxygen atoms in total. The molecule has 2 N–H and O–H groups in total. The number of imidazole rings is 1. The topological polar surface area (TPSA) is 89.3 Å². The van der Waals surface area contributed by atoms with Crippen molar-refractivity contribution in [2.75, 3.05) is 25.5 Å². The fraction of sp³-hybridized carbons (Fsp3) is 0.500. The Morgan fingerprint density at radius 2 is 2.18 bits per heavy atom. The van der Waals surface area contributed by atoms with Gasteiger partial charge >= 0.3 is 0 Å². The lowest BCUT2D eigenvalue weighted by Gasteiger charge is -2.61. The van der Waals surface area contributed by atoms with Crippen LogP contribution in [0.3, 0.4) is 0 Å². The molecular weight excluding hydrogens is 354 g/mol. The quantitative estimate of drug-likeness (QED) is 0.703. The molecule has 4 heterocycles. The minimum atomic E-state index is 0.208. The van der Waals surface area contributed by atoms with Gasteiger partial charge in [-0.1, -0.05) is 0 Å². The minimum Gasteiger partial charge on any atom is -0.495 e.